The average molecular weight is 395 g/mol. The van der Waals surface area contributed by atoms with Crippen LogP contribution in [-0.4, -0.2) is 15.3 Å². The molecule has 2 heterocycles. The largest absolute Gasteiger partial charge is 0.287 e. The molecule has 3 nitrogen and oxygen atoms in total. The van der Waals surface area contributed by atoms with E-state index in [4.69, 9.17) is 0 Å². The molecule has 114 valence electrons. The van der Waals surface area contributed by atoms with E-state index in [1.807, 2.05) is 25.1 Å². The summed E-state index contributed by atoms with van der Waals surface area (Å²) in [7, 11) is 0. The molecular formula is C16H15BrN2OS2. The number of thiophene rings is 1. The molecule has 0 bridgehead atoms. The molecule has 3 rings (SSSR count). The van der Waals surface area contributed by atoms with Gasteiger partial charge in [-0.3, -0.25) is 9.36 Å². The van der Waals surface area contributed by atoms with Gasteiger partial charge in [0.2, 0.25) is 0 Å². The third-order valence-electron chi connectivity index (χ3n) is 3.36. The fourth-order valence-electron chi connectivity index (χ4n) is 2.26. The van der Waals surface area contributed by atoms with Crippen LogP contribution >= 0.6 is 39.0 Å². The first kappa shape index (κ1) is 15.8. The molecule has 0 aliphatic rings. The molecule has 3 aromatic rings. The van der Waals surface area contributed by atoms with E-state index in [0.717, 1.165) is 27.3 Å². The summed E-state index contributed by atoms with van der Waals surface area (Å²) in [6, 6.07) is 9.87. The summed E-state index contributed by atoms with van der Waals surface area (Å²) < 4.78 is 2.66. The fraction of sp³-hybridized carbons (Fsp3) is 0.250. The molecular weight excluding hydrogens is 380 g/mol. The monoisotopic (exact) mass is 394 g/mol. The number of aromatic nitrogens is 2. The third kappa shape index (κ3) is 3.29. The minimum Gasteiger partial charge on any atom is -0.287 e. The van der Waals surface area contributed by atoms with E-state index in [0.29, 0.717) is 11.9 Å². The summed E-state index contributed by atoms with van der Waals surface area (Å²) in [5.41, 5.74) is 0.795. The zero-order chi connectivity index (χ0) is 15.5. The van der Waals surface area contributed by atoms with Crippen molar-refractivity contribution in [2.24, 2.45) is 0 Å². The lowest BCUT2D eigenvalue weighted by Gasteiger charge is -2.11. The van der Waals surface area contributed by atoms with Crippen LogP contribution in [0.4, 0.5) is 0 Å². The second-order valence-electron chi connectivity index (χ2n) is 4.78. The molecule has 0 radical (unpaired) electrons. The fourth-order valence-corrected chi connectivity index (χ4v) is 4.49. The summed E-state index contributed by atoms with van der Waals surface area (Å²) in [5.74, 6) is 0.926. The van der Waals surface area contributed by atoms with Gasteiger partial charge in [0.15, 0.2) is 5.16 Å². The van der Waals surface area contributed by atoms with Gasteiger partial charge in [0.05, 0.1) is 10.9 Å². The van der Waals surface area contributed by atoms with E-state index in [-0.39, 0.29) is 5.56 Å². The molecule has 22 heavy (non-hydrogen) atoms. The molecule has 0 fully saturated rings. The highest BCUT2D eigenvalue weighted by atomic mass is 79.9. The third-order valence-corrected chi connectivity index (χ3v) is 5.76. The van der Waals surface area contributed by atoms with Crippen molar-refractivity contribution in [1.82, 2.24) is 9.55 Å². The molecule has 0 N–H and O–H groups in total. The highest BCUT2D eigenvalue weighted by Crippen LogP contribution is 2.22. The molecule has 2 aromatic heterocycles. The zero-order valence-corrected chi connectivity index (χ0v) is 15.3. The number of fused-ring (bicyclic) bond motifs is 1. The maximum Gasteiger partial charge on any atom is 0.262 e. The first-order valence-electron chi connectivity index (χ1n) is 7.04. The van der Waals surface area contributed by atoms with Crippen LogP contribution < -0.4 is 5.56 Å². The predicted octanol–water partition coefficient (Wildman–Crippen LogP) is 4.58. The van der Waals surface area contributed by atoms with Crippen LogP contribution in [0.25, 0.3) is 10.9 Å². The highest BCUT2D eigenvalue weighted by molar-refractivity contribution is 9.10. The Labute approximate surface area is 145 Å². The lowest BCUT2D eigenvalue weighted by molar-refractivity contribution is 0.634. The Morgan fingerprint density at radius 2 is 2.23 bits per heavy atom. The van der Waals surface area contributed by atoms with Gasteiger partial charge in [0, 0.05) is 21.6 Å². The number of hydrogen-bond acceptors (Lipinski definition) is 4. The lowest BCUT2D eigenvalue weighted by Crippen LogP contribution is -2.22. The maximum absolute atomic E-state index is 12.6. The maximum atomic E-state index is 12.6. The van der Waals surface area contributed by atoms with Crippen LogP contribution in [0.3, 0.4) is 0 Å². The molecule has 6 heteroatoms. The molecule has 0 saturated carbocycles. The van der Waals surface area contributed by atoms with Gasteiger partial charge in [-0.15, -0.1) is 11.3 Å². The van der Waals surface area contributed by atoms with Gasteiger partial charge in [-0.1, -0.05) is 33.8 Å². The number of thioether (sulfide) groups is 1. The molecule has 0 aliphatic carbocycles. The molecule has 0 amide bonds. The van der Waals surface area contributed by atoms with Crippen LogP contribution in [-0.2, 0) is 13.0 Å². The molecule has 1 aromatic carbocycles. The van der Waals surface area contributed by atoms with Gasteiger partial charge in [0.1, 0.15) is 0 Å². The number of aryl methyl sites for hydroxylation is 1. The summed E-state index contributed by atoms with van der Waals surface area (Å²) in [5, 5.41) is 3.56. The number of rotatable bonds is 5. The van der Waals surface area contributed by atoms with Crippen LogP contribution in [0, 0.1) is 0 Å². The number of halogens is 1. The van der Waals surface area contributed by atoms with Crippen molar-refractivity contribution in [1.29, 1.82) is 0 Å². The Morgan fingerprint density at radius 1 is 1.36 bits per heavy atom. The average Bonchev–Trinajstić information content (AvgIpc) is 3.02. The van der Waals surface area contributed by atoms with Gasteiger partial charge < -0.3 is 0 Å². The van der Waals surface area contributed by atoms with Crippen molar-refractivity contribution < 1.29 is 0 Å². The highest BCUT2D eigenvalue weighted by Gasteiger charge is 2.11. The minimum atomic E-state index is 0.0347. The van der Waals surface area contributed by atoms with Crippen molar-refractivity contribution in [2.75, 3.05) is 5.75 Å². The molecule has 0 atom stereocenters. The van der Waals surface area contributed by atoms with Crippen LogP contribution in [0.15, 0.2) is 50.1 Å². The lowest BCUT2D eigenvalue weighted by atomic mass is 10.2. The van der Waals surface area contributed by atoms with Crippen LogP contribution in [0.2, 0.25) is 0 Å². The van der Waals surface area contributed by atoms with Crippen molar-refractivity contribution in [2.45, 2.75) is 25.0 Å². The smallest absolute Gasteiger partial charge is 0.262 e. The normalized spacial score (nSPS) is 11.2. The van der Waals surface area contributed by atoms with Crippen molar-refractivity contribution in [3.05, 3.63) is 55.4 Å². The van der Waals surface area contributed by atoms with Gasteiger partial charge in [0.25, 0.3) is 5.56 Å². The standard InChI is InChI=1S/C16H15BrN2OS2/c1-2-19-15(20)13-10-11(17)5-6-14(13)18-16(19)22-9-7-12-4-3-8-21-12/h3-6,8,10H,2,7,9H2,1H3. The number of nitrogens with zero attached hydrogens (tertiary/aromatic N) is 2. The van der Waals surface area contributed by atoms with E-state index < -0.39 is 0 Å². The van der Waals surface area contributed by atoms with Crippen LogP contribution in [0.5, 0.6) is 0 Å². The zero-order valence-electron chi connectivity index (χ0n) is 12.1. The second-order valence-corrected chi connectivity index (χ2v) is 7.79. The Morgan fingerprint density at radius 3 is 2.95 bits per heavy atom. The summed E-state index contributed by atoms with van der Waals surface area (Å²) in [6.07, 6.45) is 1.00. The Balaban J connectivity index is 1.91. The first-order valence-corrected chi connectivity index (χ1v) is 9.70. The van der Waals surface area contributed by atoms with E-state index in [9.17, 15) is 4.79 Å². The van der Waals surface area contributed by atoms with Crippen molar-refractivity contribution in [3.63, 3.8) is 0 Å². The molecule has 0 aliphatic heterocycles. The van der Waals surface area contributed by atoms with Gasteiger partial charge >= 0.3 is 0 Å². The molecule has 0 spiro atoms. The van der Waals surface area contributed by atoms with Gasteiger partial charge in [-0.2, -0.15) is 0 Å². The van der Waals surface area contributed by atoms with Crippen molar-refractivity contribution in [3.8, 4) is 0 Å². The Hall–Kier alpha value is -1.11. The molecule has 0 unspecified atom stereocenters. The van der Waals surface area contributed by atoms with Gasteiger partial charge in [-0.05, 0) is 43.0 Å². The Bertz CT molecular complexity index is 843. The number of benzene rings is 1. The Kier molecular flexibility index (Phi) is 5.00. The summed E-state index contributed by atoms with van der Waals surface area (Å²) in [6.45, 7) is 2.62. The first-order chi connectivity index (χ1) is 10.7. The van der Waals surface area contributed by atoms with Crippen molar-refractivity contribution >= 4 is 49.9 Å². The summed E-state index contributed by atoms with van der Waals surface area (Å²) >= 11 is 6.83. The van der Waals surface area contributed by atoms with E-state index in [1.165, 1.54) is 4.88 Å². The second kappa shape index (κ2) is 6.98. The predicted molar refractivity (Wildman–Crippen MR) is 98.1 cm³/mol. The van der Waals surface area contributed by atoms with E-state index in [2.05, 4.69) is 38.4 Å². The quantitative estimate of drug-likeness (QED) is 0.469. The topological polar surface area (TPSA) is 34.9 Å². The van der Waals surface area contributed by atoms with Crippen LogP contribution in [0.1, 0.15) is 11.8 Å². The SMILES string of the molecule is CCn1c(SCCc2cccs2)nc2ccc(Br)cc2c1=O. The minimum absolute atomic E-state index is 0.0347. The number of hydrogen-bond donors (Lipinski definition) is 0. The van der Waals surface area contributed by atoms with E-state index in [1.54, 1.807) is 27.7 Å². The summed E-state index contributed by atoms with van der Waals surface area (Å²) in [4.78, 5) is 18.7. The molecule has 0 saturated heterocycles. The van der Waals surface area contributed by atoms with Gasteiger partial charge in [-0.25, -0.2) is 4.98 Å². The van der Waals surface area contributed by atoms with E-state index >= 15 is 0 Å².